The smallest absolute Gasteiger partial charge is 0.112 e. The lowest BCUT2D eigenvalue weighted by Crippen LogP contribution is -2.48. The maximum atomic E-state index is 6.57. The van der Waals surface area contributed by atoms with Gasteiger partial charge in [0.1, 0.15) is 12.2 Å². The molecule has 5 rings (SSSR count). The highest BCUT2D eigenvalue weighted by Gasteiger charge is 2.45. The summed E-state index contributed by atoms with van der Waals surface area (Å²) in [7, 11) is 0. The van der Waals surface area contributed by atoms with Crippen molar-refractivity contribution < 1.29 is 19.0 Å². The van der Waals surface area contributed by atoms with Crippen molar-refractivity contribution in [1.29, 1.82) is 0 Å². The fourth-order valence-electron chi connectivity index (χ4n) is 4.57. The zero-order valence-corrected chi connectivity index (χ0v) is 18.8. The second-order valence-electron chi connectivity index (χ2n) is 8.76. The second kappa shape index (κ2) is 11.1. The molecule has 2 fully saturated rings. The molecule has 2 saturated heterocycles. The van der Waals surface area contributed by atoms with Crippen LogP contribution in [0, 0.1) is 5.92 Å². The molecule has 5 nitrogen and oxygen atoms in total. The molecule has 0 aromatic heterocycles. The summed E-state index contributed by atoms with van der Waals surface area (Å²) in [5.41, 5.74) is 3.44. The molecule has 2 aliphatic heterocycles. The quantitative estimate of drug-likeness (QED) is 0.481. The number of benzene rings is 3. The fraction of sp³-hybridized carbons (Fsp3) is 0.357. The van der Waals surface area contributed by atoms with Crippen LogP contribution in [-0.2, 0) is 38.9 Å². The van der Waals surface area contributed by atoms with E-state index in [-0.39, 0.29) is 24.2 Å². The van der Waals surface area contributed by atoms with Gasteiger partial charge in [-0.25, -0.2) is 0 Å². The molecule has 0 amide bonds. The fourth-order valence-corrected chi connectivity index (χ4v) is 4.57. The van der Waals surface area contributed by atoms with E-state index in [9.17, 15) is 0 Å². The molecule has 33 heavy (non-hydrogen) atoms. The minimum Gasteiger partial charge on any atom is -0.370 e. The van der Waals surface area contributed by atoms with E-state index in [1.165, 1.54) is 0 Å². The molecule has 2 heterocycles. The van der Waals surface area contributed by atoms with Gasteiger partial charge in [0.25, 0.3) is 0 Å². The molecule has 3 aromatic carbocycles. The molecule has 0 radical (unpaired) electrons. The summed E-state index contributed by atoms with van der Waals surface area (Å²) >= 11 is 0. The van der Waals surface area contributed by atoms with Crippen molar-refractivity contribution in [3.05, 3.63) is 108 Å². The van der Waals surface area contributed by atoms with Crippen LogP contribution in [0.3, 0.4) is 0 Å². The van der Waals surface area contributed by atoms with Gasteiger partial charge in [0.15, 0.2) is 0 Å². The number of hydroxylamine groups is 2. The molecule has 1 unspecified atom stereocenters. The Hall–Kier alpha value is -2.54. The van der Waals surface area contributed by atoms with Gasteiger partial charge in [0.05, 0.1) is 39.1 Å². The first-order valence-electron chi connectivity index (χ1n) is 11.7. The average molecular weight is 446 g/mol. The number of hydrogen-bond acceptors (Lipinski definition) is 5. The molecular formula is C28H31NO4. The SMILES string of the molecule is c1ccc(CO[C@@H]2[C@@H](OCc3ccccc3)[C@@H]3CON(C3)C[C@@H]2OCc2ccccc2)cc1. The minimum atomic E-state index is -0.198. The van der Waals surface area contributed by atoms with Crippen molar-refractivity contribution in [3.63, 3.8) is 0 Å². The van der Waals surface area contributed by atoms with Crippen LogP contribution in [0.2, 0.25) is 0 Å². The highest BCUT2D eigenvalue weighted by Crippen LogP contribution is 2.31. The predicted octanol–water partition coefficient (Wildman–Crippen LogP) is 4.62. The van der Waals surface area contributed by atoms with Crippen LogP contribution in [0.15, 0.2) is 91.0 Å². The Labute approximate surface area is 195 Å². The third-order valence-electron chi connectivity index (χ3n) is 6.33. The van der Waals surface area contributed by atoms with E-state index < -0.39 is 0 Å². The zero-order chi connectivity index (χ0) is 22.3. The topological polar surface area (TPSA) is 40.2 Å². The Kier molecular flexibility index (Phi) is 7.46. The number of ether oxygens (including phenoxy) is 3. The van der Waals surface area contributed by atoms with Crippen molar-refractivity contribution >= 4 is 0 Å². The van der Waals surface area contributed by atoms with Crippen molar-refractivity contribution in [2.45, 2.75) is 38.1 Å². The highest BCUT2D eigenvalue weighted by molar-refractivity contribution is 5.15. The van der Waals surface area contributed by atoms with Crippen molar-refractivity contribution in [3.8, 4) is 0 Å². The summed E-state index contributed by atoms with van der Waals surface area (Å²) < 4.78 is 19.6. The first-order chi connectivity index (χ1) is 16.3. The normalized spacial score (nSPS) is 26.7. The largest absolute Gasteiger partial charge is 0.370 e. The van der Waals surface area contributed by atoms with Crippen molar-refractivity contribution in [2.75, 3.05) is 19.7 Å². The van der Waals surface area contributed by atoms with E-state index in [2.05, 4.69) is 36.4 Å². The van der Waals surface area contributed by atoms with Crippen LogP contribution in [0.25, 0.3) is 0 Å². The lowest BCUT2D eigenvalue weighted by molar-refractivity contribution is -0.199. The monoisotopic (exact) mass is 445 g/mol. The van der Waals surface area contributed by atoms with E-state index in [4.69, 9.17) is 19.0 Å². The van der Waals surface area contributed by atoms with Gasteiger partial charge in [-0.3, -0.25) is 4.84 Å². The molecule has 5 heteroatoms. The van der Waals surface area contributed by atoms with Crippen LogP contribution < -0.4 is 0 Å². The molecule has 0 N–H and O–H groups in total. The lowest BCUT2D eigenvalue weighted by atomic mass is 9.96. The Morgan fingerprint density at radius 2 is 1.09 bits per heavy atom. The molecule has 2 aliphatic rings. The highest BCUT2D eigenvalue weighted by atomic mass is 16.7. The van der Waals surface area contributed by atoms with Gasteiger partial charge in [-0.05, 0) is 16.7 Å². The molecular weight excluding hydrogens is 414 g/mol. The van der Waals surface area contributed by atoms with Gasteiger partial charge in [-0.2, -0.15) is 5.06 Å². The summed E-state index contributed by atoms with van der Waals surface area (Å²) in [5.74, 6) is 0.236. The van der Waals surface area contributed by atoms with Gasteiger partial charge < -0.3 is 14.2 Å². The summed E-state index contributed by atoms with van der Waals surface area (Å²) in [6.07, 6.45) is -0.487. The van der Waals surface area contributed by atoms with Crippen LogP contribution >= 0.6 is 0 Å². The van der Waals surface area contributed by atoms with Crippen molar-refractivity contribution in [2.24, 2.45) is 5.92 Å². The summed E-state index contributed by atoms with van der Waals surface area (Å²) in [6.45, 7) is 3.73. The van der Waals surface area contributed by atoms with Crippen molar-refractivity contribution in [1.82, 2.24) is 5.06 Å². The number of nitrogens with zero attached hydrogens (tertiary/aromatic N) is 1. The molecule has 5 atom stereocenters. The third-order valence-corrected chi connectivity index (χ3v) is 6.33. The number of fused-ring (bicyclic) bond motifs is 2. The zero-order valence-electron chi connectivity index (χ0n) is 18.8. The molecule has 0 spiro atoms. The van der Waals surface area contributed by atoms with Gasteiger partial charge in [0.2, 0.25) is 0 Å². The molecule has 0 saturated carbocycles. The number of rotatable bonds is 9. The Morgan fingerprint density at radius 3 is 1.64 bits per heavy atom. The van der Waals surface area contributed by atoms with Gasteiger partial charge in [-0.1, -0.05) is 91.0 Å². The summed E-state index contributed by atoms with van der Waals surface area (Å²) in [4.78, 5) is 5.95. The Bertz CT molecular complexity index is 969. The van der Waals surface area contributed by atoms with Gasteiger partial charge in [-0.15, -0.1) is 0 Å². The Morgan fingerprint density at radius 1 is 0.606 bits per heavy atom. The van der Waals surface area contributed by atoms with Gasteiger partial charge in [0, 0.05) is 12.5 Å². The molecule has 172 valence electrons. The summed E-state index contributed by atoms with van der Waals surface area (Å²) in [6, 6.07) is 30.9. The first kappa shape index (κ1) is 22.3. The van der Waals surface area contributed by atoms with E-state index in [1.807, 2.05) is 59.7 Å². The maximum Gasteiger partial charge on any atom is 0.112 e. The van der Waals surface area contributed by atoms with E-state index in [0.29, 0.717) is 33.0 Å². The van der Waals surface area contributed by atoms with E-state index >= 15 is 0 Å². The molecule has 0 aliphatic carbocycles. The molecule has 3 aromatic rings. The standard InChI is InChI=1S/C28H31NO4/c1-4-10-22(11-5-1)18-30-26-17-29-16-25(21-33-29)27(31-19-23-12-6-2-7-13-23)28(26)32-20-24-14-8-3-9-15-24/h1-15,25-28H,16-21H2/t25-,26-,27-,28-/m0/s1. The minimum absolute atomic E-state index is 0.123. The second-order valence-corrected chi connectivity index (χ2v) is 8.76. The number of hydrogen-bond donors (Lipinski definition) is 0. The van der Waals surface area contributed by atoms with Gasteiger partial charge >= 0.3 is 0 Å². The van der Waals surface area contributed by atoms with Crippen LogP contribution in [0.4, 0.5) is 0 Å². The van der Waals surface area contributed by atoms with Crippen LogP contribution in [0.5, 0.6) is 0 Å². The maximum absolute atomic E-state index is 6.57. The predicted molar refractivity (Wildman–Crippen MR) is 126 cm³/mol. The average Bonchev–Trinajstić information content (AvgIpc) is 3.28. The van der Waals surface area contributed by atoms with E-state index in [0.717, 1.165) is 23.2 Å². The lowest BCUT2D eigenvalue weighted by Gasteiger charge is -2.35. The third kappa shape index (κ3) is 5.88. The molecule has 2 bridgehead atoms. The van der Waals surface area contributed by atoms with Crippen LogP contribution in [-0.4, -0.2) is 43.1 Å². The van der Waals surface area contributed by atoms with Crippen LogP contribution in [0.1, 0.15) is 16.7 Å². The van der Waals surface area contributed by atoms with E-state index in [1.54, 1.807) is 0 Å². The summed E-state index contributed by atoms with van der Waals surface area (Å²) in [5, 5.41) is 2.02. The Balaban J connectivity index is 1.35. The first-order valence-corrected chi connectivity index (χ1v) is 11.7.